The summed E-state index contributed by atoms with van der Waals surface area (Å²) < 4.78 is 5.21. The van der Waals surface area contributed by atoms with Gasteiger partial charge in [0.05, 0.1) is 0 Å². The van der Waals surface area contributed by atoms with Crippen LogP contribution in [0.3, 0.4) is 0 Å². The first-order chi connectivity index (χ1) is 9.28. The molecule has 1 aromatic heterocycles. The predicted octanol–water partition coefficient (Wildman–Crippen LogP) is 2.65. The molecule has 1 aromatic rings. The molecule has 0 radical (unpaired) electrons. The van der Waals surface area contributed by atoms with Crippen molar-refractivity contribution < 1.29 is 9.53 Å². The van der Waals surface area contributed by atoms with Crippen molar-refractivity contribution in [2.75, 3.05) is 6.54 Å². The number of pyridine rings is 1. The number of amides is 1. The van der Waals surface area contributed by atoms with Crippen LogP contribution in [0, 0.1) is 0 Å². The van der Waals surface area contributed by atoms with Gasteiger partial charge in [0, 0.05) is 31.0 Å². The zero-order chi connectivity index (χ0) is 15.2. The third-order valence-corrected chi connectivity index (χ3v) is 2.70. The molecule has 5 heteroatoms. The monoisotopic (exact) mass is 279 g/mol. The Morgan fingerprint density at radius 2 is 1.90 bits per heavy atom. The third kappa shape index (κ3) is 6.52. The Morgan fingerprint density at radius 3 is 2.45 bits per heavy atom. The SMILES string of the molecule is CC(CNC(C)c1ccncc1)NC(=O)OC(C)(C)C. The minimum Gasteiger partial charge on any atom is -0.444 e. The number of rotatable bonds is 5. The van der Waals surface area contributed by atoms with Gasteiger partial charge in [-0.3, -0.25) is 4.98 Å². The molecular weight excluding hydrogens is 254 g/mol. The van der Waals surface area contributed by atoms with E-state index >= 15 is 0 Å². The molecule has 0 fully saturated rings. The second-order valence-corrected chi connectivity index (χ2v) is 5.96. The minimum atomic E-state index is -0.471. The number of alkyl carbamates (subject to hydrolysis) is 1. The van der Waals surface area contributed by atoms with Crippen LogP contribution < -0.4 is 10.6 Å². The average molecular weight is 279 g/mol. The third-order valence-electron chi connectivity index (χ3n) is 2.70. The van der Waals surface area contributed by atoms with Gasteiger partial charge in [-0.05, 0) is 52.3 Å². The standard InChI is InChI=1S/C15H25N3O2/c1-11(18-14(19)20-15(3,4)5)10-17-12(2)13-6-8-16-9-7-13/h6-9,11-12,17H,10H2,1-5H3,(H,18,19). The maximum atomic E-state index is 11.6. The lowest BCUT2D eigenvalue weighted by molar-refractivity contribution is 0.0507. The number of carbonyl (C=O) groups is 1. The largest absolute Gasteiger partial charge is 0.444 e. The summed E-state index contributed by atoms with van der Waals surface area (Å²) in [5, 5.41) is 6.18. The van der Waals surface area contributed by atoms with Crippen LogP contribution in [-0.4, -0.2) is 29.3 Å². The molecule has 1 heterocycles. The van der Waals surface area contributed by atoms with Gasteiger partial charge in [-0.25, -0.2) is 4.79 Å². The Kier molecular flexibility index (Phi) is 5.95. The fourth-order valence-corrected chi connectivity index (χ4v) is 1.68. The van der Waals surface area contributed by atoms with Crippen LogP contribution in [0.4, 0.5) is 4.79 Å². The van der Waals surface area contributed by atoms with Crippen molar-refractivity contribution in [2.45, 2.75) is 52.3 Å². The number of hydrogen-bond acceptors (Lipinski definition) is 4. The highest BCUT2D eigenvalue weighted by Crippen LogP contribution is 2.10. The van der Waals surface area contributed by atoms with Crippen molar-refractivity contribution in [3.8, 4) is 0 Å². The fourth-order valence-electron chi connectivity index (χ4n) is 1.68. The van der Waals surface area contributed by atoms with Crippen molar-refractivity contribution in [1.29, 1.82) is 0 Å². The number of carbonyl (C=O) groups excluding carboxylic acids is 1. The number of nitrogens with one attached hydrogen (secondary N) is 2. The van der Waals surface area contributed by atoms with E-state index in [4.69, 9.17) is 4.74 Å². The first kappa shape index (κ1) is 16.4. The first-order valence-electron chi connectivity index (χ1n) is 6.91. The van der Waals surface area contributed by atoms with E-state index in [9.17, 15) is 4.79 Å². The summed E-state index contributed by atoms with van der Waals surface area (Å²) in [5.41, 5.74) is 0.700. The van der Waals surface area contributed by atoms with Crippen molar-refractivity contribution in [3.05, 3.63) is 30.1 Å². The van der Waals surface area contributed by atoms with E-state index < -0.39 is 5.60 Å². The highest BCUT2D eigenvalue weighted by molar-refractivity contribution is 5.68. The molecule has 5 nitrogen and oxygen atoms in total. The summed E-state index contributed by atoms with van der Waals surface area (Å²) in [4.78, 5) is 15.6. The van der Waals surface area contributed by atoms with E-state index in [1.165, 1.54) is 5.56 Å². The van der Waals surface area contributed by atoms with Crippen LogP contribution in [0.5, 0.6) is 0 Å². The zero-order valence-corrected chi connectivity index (χ0v) is 12.9. The average Bonchev–Trinajstić information content (AvgIpc) is 2.34. The molecular formula is C15H25N3O2. The fraction of sp³-hybridized carbons (Fsp3) is 0.600. The lowest BCUT2D eigenvalue weighted by Crippen LogP contribution is -2.43. The Morgan fingerprint density at radius 1 is 1.30 bits per heavy atom. The molecule has 0 saturated carbocycles. The normalized spacial score (nSPS) is 14.4. The maximum absolute atomic E-state index is 11.6. The summed E-state index contributed by atoms with van der Waals surface area (Å²) >= 11 is 0. The highest BCUT2D eigenvalue weighted by atomic mass is 16.6. The lowest BCUT2D eigenvalue weighted by atomic mass is 10.1. The molecule has 0 saturated heterocycles. The number of ether oxygens (including phenoxy) is 1. The Hall–Kier alpha value is -1.62. The zero-order valence-electron chi connectivity index (χ0n) is 12.9. The molecule has 2 unspecified atom stereocenters. The first-order valence-corrected chi connectivity index (χ1v) is 6.91. The van der Waals surface area contributed by atoms with Gasteiger partial charge in [-0.1, -0.05) is 0 Å². The van der Waals surface area contributed by atoms with Gasteiger partial charge in [0.1, 0.15) is 5.60 Å². The molecule has 0 aliphatic carbocycles. The van der Waals surface area contributed by atoms with Crippen molar-refractivity contribution in [2.24, 2.45) is 0 Å². The smallest absolute Gasteiger partial charge is 0.407 e. The Bertz CT molecular complexity index is 415. The van der Waals surface area contributed by atoms with E-state index in [-0.39, 0.29) is 18.2 Å². The quantitative estimate of drug-likeness (QED) is 0.869. The lowest BCUT2D eigenvalue weighted by Gasteiger charge is -2.23. The van der Waals surface area contributed by atoms with Crippen molar-refractivity contribution in [1.82, 2.24) is 15.6 Å². The van der Waals surface area contributed by atoms with Gasteiger partial charge in [-0.2, -0.15) is 0 Å². The van der Waals surface area contributed by atoms with Crippen molar-refractivity contribution >= 4 is 6.09 Å². The van der Waals surface area contributed by atoms with Gasteiger partial charge in [0.25, 0.3) is 0 Å². The van der Waals surface area contributed by atoms with Gasteiger partial charge in [0.2, 0.25) is 0 Å². The molecule has 0 aromatic carbocycles. The molecule has 1 rings (SSSR count). The summed E-state index contributed by atoms with van der Waals surface area (Å²) in [6, 6.07) is 4.16. The Labute approximate surface area is 121 Å². The molecule has 0 bridgehead atoms. The topological polar surface area (TPSA) is 63.2 Å². The van der Waals surface area contributed by atoms with Crippen LogP contribution in [0.15, 0.2) is 24.5 Å². The van der Waals surface area contributed by atoms with E-state index in [1.807, 2.05) is 39.8 Å². The van der Waals surface area contributed by atoms with Crippen LogP contribution in [-0.2, 0) is 4.74 Å². The molecule has 20 heavy (non-hydrogen) atoms. The van der Waals surface area contributed by atoms with Gasteiger partial charge >= 0.3 is 6.09 Å². The molecule has 0 aliphatic heterocycles. The molecule has 2 atom stereocenters. The predicted molar refractivity (Wildman–Crippen MR) is 79.5 cm³/mol. The van der Waals surface area contributed by atoms with Gasteiger partial charge < -0.3 is 15.4 Å². The molecule has 2 N–H and O–H groups in total. The minimum absolute atomic E-state index is 0.00543. The summed E-state index contributed by atoms with van der Waals surface area (Å²) in [5.74, 6) is 0. The van der Waals surface area contributed by atoms with E-state index in [1.54, 1.807) is 12.4 Å². The molecule has 0 aliphatic rings. The number of nitrogens with zero attached hydrogens (tertiary/aromatic N) is 1. The van der Waals surface area contributed by atoms with E-state index in [2.05, 4.69) is 22.5 Å². The van der Waals surface area contributed by atoms with Crippen LogP contribution >= 0.6 is 0 Å². The molecule has 0 spiro atoms. The summed E-state index contributed by atoms with van der Waals surface area (Å²) in [7, 11) is 0. The number of aromatic nitrogens is 1. The second kappa shape index (κ2) is 7.24. The van der Waals surface area contributed by atoms with Crippen LogP contribution in [0.1, 0.15) is 46.2 Å². The van der Waals surface area contributed by atoms with Crippen LogP contribution in [0.2, 0.25) is 0 Å². The highest BCUT2D eigenvalue weighted by Gasteiger charge is 2.17. The summed E-state index contributed by atoms with van der Waals surface area (Å²) in [6.45, 7) is 10.2. The maximum Gasteiger partial charge on any atom is 0.407 e. The van der Waals surface area contributed by atoms with Gasteiger partial charge in [-0.15, -0.1) is 0 Å². The van der Waals surface area contributed by atoms with Gasteiger partial charge in [0.15, 0.2) is 0 Å². The summed E-state index contributed by atoms with van der Waals surface area (Å²) in [6.07, 6.45) is 3.16. The van der Waals surface area contributed by atoms with E-state index in [0.29, 0.717) is 6.54 Å². The van der Waals surface area contributed by atoms with Crippen molar-refractivity contribution in [3.63, 3.8) is 0 Å². The molecule has 1 amide bonds. The second-order valence-electron chi connectivity index (χ2n) is 5.96. The molecule has 112 valence electrons. The number of hydrogen-bond donors (Lipinski definition) is 2. The van der Waals surface area contributed by atoms with Crippen LogP contribution in [0.25, 0.3) is 0 Å². The Balaban J connectivity index is 2.33. The van der Waals surface area contributed by atoms with E-state index in [0.717, 1.165) is 0 Å².